The Morgan fingerprint density at radius 2 is 2.18 bits per heavy atom. The molecule has 0 bridgehead atoms. The van der Waals surface area contributed by atoms with Gasteiger partial charge in [0.05, 0.1) is 12.4 Å². The van der Waals surface area contributed by atoms with Crippen LogP contribution < -0.4 is 4.74 Å². The van der Waals surface area contributed by atoms with E-state index in [4.69, 9.17) is 4.74 Å². The summed E-state index contributed by atoms with van der Waals surface area (Å²) in [5.41, 5.74) is 2.09. The van der Waals surface area contributed by atoms with Crippen LogP contribution >= 0.6 is 0 Å². The minimum Gasteiger partial charge on any atom is -0.493 e. The van der Waals surface area contributed by atoms with Gasteiger partial charge >= 0.3 is 0 Å². The molecule has 0 unspecified atom stereocenters. The summed E-state index contributed by atoms with van der Waals surface area (Å²) in [6, 6.07) is 5.04. The molecule has 1 saturated carbocycles. The molecule has 1 aliphatic heterocycles. The average molecular weight is 373 g/mol. The van der Waals surface area contributed by atoms with E-state index in [2.05, 4.69) is 12.7 Å². The van der Waals surface area contributed by atoms with Crippen LogP contribution in [0.2, 0.25) is 0 Å². The summed E-state index contributed by atoms with van der Waals surface area (Å²) in [4.78, 5) is 1.95. The second kappa shape index (κ2) is 7.56. The van der Waals surface area contributed by atoms with Crippen LogP contribution in [0.5, 0.6) is 5.75 Å². The third-order valence-electron chi connectivity index (χ3n) is 3.81. The van der Waals surface area contributed by atoms with E-state index in [1.165, 1.54) is 18.9 Å². The SMILES string of the molecule is C=C1C=C[C-]=C(c2ccc(OCC3CC3)cc2F)N1CC.[Y]. The fourth-order valence-electron chi connectivity index (χ4n) is 2.39. The molecular weight excluding hydrogens is 354 g/mol. The number of likely N-dealkylation sites (N-methyl/N-ethyl adjacent to an activating group) is 1. The first-order valence-electron chi connectivity index (χ1n) is 7.38. The van der Waals surface area contributed by atoms with Gasteiger partial charge in [-0.2, -0.15) is 12.2 Å². The molecule has 0 atom stereocenters. The van der Waals surface area contributed by atoms with Crippen molar-refractivity contribution in [3.05, 3.63) is 60.1 Å². The number of benzene rings is 1. The molecule has 113 valence electrons. The number of hydrogen-bond donors (Lipinski definition) is 0. The van der Waals surface area contributed by atoms with Gasteiger partial charge in [0.15, 0.2) is 0 Å². The second-order valence-electron chi connectivity index (χ2n) is 5.46. The first-order chi connectivity index (χ1) is 10.2. The number of hydrogen-bond acceptors (Lipinski definition) is 2. The van der Waals surface area contributed by atoms with Gasteiger partial charge < -0.3 is 9.64 Å². The van der Waals surface area contributed by atoms with Crippen molar-refractivity contribution in [1.82, 2.24) is 4.90 Å². The molecule has 1 aromatic carbocycles. The molecule has 0 amide bonds. The summed E-state index contributed by atoms with van der Waals surface area (Å²) in [5, 5.41) is 0. The zero-order valence-corrected chi connectivity index (χ0v) is 15.6. The Kier molecular flexibility index (Phi) is 5.99. The van der Waals surface area contributed by atoms with Gasteiger partial charge in [-0.25, -0.2) is 4.39 Å². The summed E-state index contributed by atoms with van der Waals surface area (Å²) in [6.45, 7) is 7.40. The quantitative estimate of drug-likeness (QED) is 0.719. The Labute approximate surface area is 156 Å². The van der Waals surface area contributed by atoms with Gasteiger partial charge in [-0.05, 0) is 37.4 Å². The van der Waals surface area contributed by atoms with E-state index in [1.807, 2.05) is 24.0 Å². The van der Waals surface area contributed by atoms with E-state index in [9.17, 15) is 4.39 Å². The third kappa shape index (κ3) is 3.88. The van der Waals surface area contributed by atoms with Gasteiger partial charge in [0.2, 0.25) is 0 Å². The minimum atomic E-state index is -0.285. The van der Waals surface area contributed by atoms with Crippen LogP contribution in [-0.4, -0.2) is 18.1 Å². The Balaban J connectivity index is 0.00000176. The number of ether oxygens (including phenoxy) is 1. The van der Waals surface area contributed by atoms with Crippen molar-refractivity contribution in [3.63, 3.8) is 0 Å². The number of nitrogens with zero attached hydrogens (tertiary/aromatic N) is 1. The molecule has 1 fully saturated rings. The minimum absolute atomic E-state index is 0. The van der Waals surface area contributed by atoms with Gasteiger partial charge in [-0.1, -0.05) is 17.8 Å². The predicted molar refractivity (Wildman–Crippen MR) is 81.9 cm³/mol. The fourth-order valence-corrected chi connectivity index (χ4v) is 2.39. The number of allylic oxidation sites excluding steroid dienone is 3. The van der Waals surface area contributed by atoms with Gasteiger partial charge in [0.25, 0.3) is 0 Å². The van der Waals surface area contributed by atoms with Gasteiger partial charge in [0.1, 0.15) is 5.75 Å². The molecule has 0 aromatic heterocycles. The number of rotatable bonds is 5. The first kappa shape index (κ1) is 17.4. The molecule has 1 heterocycles. The smallest absolute Gasteiger partial charge is 0.120 e. The van der Waals surface area contributed by atoms with Crippen LogP contribution in [-0.2, 0) is 32.7 Å². The molecule has 1 aromatic rings. The fraction of sp³-hybridized carbons (Fsp3) is 0.333. The van der Waals surface area contributed by atoms with Crippen molar-refractivity contribution in [3.8, 4) is 5.75 Å². The van der Waals surface area contributed by atoms with Crippen LogP contribution in [0.4, 0.5) is 4.39 Å². The standard InChI is InChI=1S/C18H19FNO.Y/c1-3-20-13(2)5-4-6-18(20)16-10-9-15(11-17(16)19)21-12-14-7-8-14;/h4-5,9-11,14H,2-3,7-8,12H2,1H3;/q-1;. The molecule has 0 spiro atoms. The molecule has 0 N–H and O–H groups in total. The number of halogens is 1. The first-order valence-corrected chi connectivity index (χ1v) is 7.38. The van der Waals surface area contributed by atoms with E-state index in [1.54, 1.807) is 12.1 Å². The van der Waals surface area contributed by atoms with Crippen molar-refractivity contribution in [1.29, 1.82) is 0 Å². The topological polar surface area (TPSA) is 12.5 Å². The van der Waals surface area contributed by atoms with Crippen LogP contribution in [0, 0.1) is 17.8 Å². The molecule has 2 nitrogen and oxygen atoms in total. The van der Waals surface area contributed by atoms with Gasteiger partial charge in [0, 0.05) is 45.3 Å². The normalized spacial score (nSPS) is 17.1. The van der Waals surface area contributed by atoms with Crippen molar-refractivity contribution in [2.75, 3.05) is 13.2 Å². The molecule has 22 heavy (non-hydrogen) atoms. The Bertz CT molecular complexity index is 620. The largest absolute Gasteiger partial charge is 0.493 e. The van der Waals surface area contributed by atoms with Crippen molar-refractivity contribution in [2.45, 2.75) is 19.8 Å². The zero-order chi connectivity index (χ0) is 14.8. The molecule has 4 heteroatoms. The summed E-state index contributed by atoms with van der Waals surface area (Å²) in [5.74, 6) is 0.968. The van der Waals surface area contributed by atoms with Crippen molar-refractivity contribution < 1.29 is 41.8 Å². The maximum Gasteiger partial charge on any atom is 0.120 e. The summed E-state index contributed by atoms with van der Waals surface area (Å²) in [7, 11) is 0. The zero-order valence-electron chi connectivity index (χ0n) is 12.8. The molecule has 3 rings (SSSR count). The maximum atomic E-state index is 14.4. The monoisotopic (exact) mass is 373 g/mol. The summed E-state index contributed by atoms with van der Waals surface area (Å²) in [6.07, 6.45) is 9.21. The molecule has 1 radical (unpaired) electrons. The summed E-state index contributed by atoms with van der Waals surface area (Å²) >= 11 is 0. The van der Waals surface area contributed by atoms with Crippen molar-refractivity contribution in [2.24, 2.45) is 5.92 Å². The van der Waals surface area contributed by atoms with E-state index in [0.717, 1.165) is 17.9 Å². The molecule has 0 saturated heterocycles. The molecular formula is C18H19FNOY-. The van der Waals surface area contributed by atoms with Crippen molar-refractivity contribution >= 4 is 5.70 Å². The van der Waals surface area contributed by atoms with E-state index in [0.29, 0.717) is 23.8 Å². The van der Waals surface area contributed by atoms with Crippen LogP contribution in [0.1, 0.15) is 25.3 Å². The van der Waals surface area contributed by atoms with Crippen LogP contribution in [0.25, 0.3) is 5.70 Å². The van der Waals surface area contributed by atoms with E-state index in [-0.39, 0.29) is 38.5 Å². The summed E-state index contributed by atoms with van der Waals surface area (Å²) < 4.78 is 20.0. The third-order valence-corrected chi connectivity index (χ3v) is 3.81. The maximum absolute atomic E-state index is 14.4. The van der Waals surface area contributed by atoms with E-state index >= 15 is 0 Å². The van der Waals surface area contributed by atoms with Crippen LogP contribution in [0.3, 0.4) is 0 Å². The van der Waals surface area contributed by atoms with Gasteiger partial charge in [-0.15, -0.1) is 12.1 Å². The molecule has 2 aliphatic rings. The van der Waals surface area contributed by atoms with Crippen LogP contribution in [0.15, 0.2) is 42.6 Å². The van der Waals surface area contributed by atoms with E-state index < -0.39 is 0 Å². The predicted octanol–water partition coefficient (Wildman–Crippen LogP) is 4.16. The second-order valence-corrected chi connectivity index (χ2v) is 5.46. The Morgan fingerprint density at radius 3 is 2.82 bits per heavy atom. The van der Waals surface area contributed by atoms with Gasteiger partial charge in [-0.3, -0.25) is 0 Å². The molecule has 1 aliphatic carbocycles. The average Bonchev–Trinajstić information content (AvgIpc) is 3.29. The Hall–Kier alpha value is -0.926. The Morgan fingerprint density at radius 1 is 1.41 bits per heavy atom.